The third-order valence-corrected chi connectivity index (χ3v) is 4.00. The van der Waals surface area contributed by atoms with Gasteiger partial charge in [-0.25, -0.2) is 4.98 Å². The van der Waals surface area contributed by atoms with E-state index in [2.05, 4.69) is 16.5 Å². The van der Waals surface area contributed by atoms with Crippen molar-refractivity contribution in [2.24, 2.45) is 5.73 Å². The molecule has 5 heteroatoms. The predicted octanol–water partition coefficient (Wildman–Crippen LogP) is 4.56. The number of rotatable bonds is 6. The molecule has 0 aliphatic carbocycles. The Kier molecular flexibility index (Phi) is 5.08. The van der Waals surface area contributed by atoms with Gasteiger partial charge in [-0.3, -0.25) is 0 Å². The zero-order valence-corrected chi connectivity index (χ0v) is 14.6. The lowest BCUT2D eigenvalue weighted by molar-refractivity contribution is 0.341. The van der Waals surface area contributed by atoms with Crippen LogP contribution < -0.4 is 10.5 Å². The van der Waals surface area contributed by atoms with Gasteiger partial charge in [0.15, 0.2) is 5.88 Å². The molecule has 0 spiro atoms. The Balaban J connectivity index is 2.14. The summed E-state index contributed by atoms with van der Waals surface area (Å²) in [6, 6.07) is 9.96. The molecule has 1 aromatic carbocycles. The molecule has 0 atom stereocenters. The molecule has 0 aliphatic heterocycles. The fraction of sp³-hybridized carbons (Fsp3) is 0.0952. The van der Waals surface area contributed by atoms with Gasteiger partial charge >= 0.3 is 0 Å². The van der Waals surface area contributed by atoms with Gasteiger partial charge in [0.25, 0.3) is 0 Å². The summed E-state index contributed by atoms with van der Waals surface area (Å²) in [5.74, 6) is 0.572. The maximum atomic E-state index is 9.18. The van der Waals surface area contributed by atoms with Crippen LogP contribution in [0.4, 0.5) is 0 Å². The number of nitrogens with zero attached hydrogens (tertiary/aromatic N) is 1. The minimum absolute atomic E-state index is 0.258. The Morgan fingerprint density at radius 2 is 2.12 bits per heavy atom. The van der Waals surface area contributed by atoms with Gasteiger partial charge in [-0.15, -0.1) is 0 Å². The molecule has 0 amide bonds. The first-order valence-electron chi connectivity index (χ1n) is 8.32. The van der Waals surface area contributed by atoms with Crippen LogP contribution in [0.2, 0.25) is 0 Å². The topological polar surface area (TPSA) is 84.2 Å². The molecule has 0 aliphatic rings. The number of hydrogen-bond acceptors (Lipinski definition) is 4. The lowest BCUT2D eigenvalue weighted by atomic mass is 10.0. The maximum absolute atomic E-state index is 9.18. The van der Waals surface area contributed by atoms with Crippen LogP contribution in [0.25, 0.3) is 27.7 Å². The molecule has 2 heterocycles. The Morgan fingerprint density at radius 3 is 2.85 bits per heavy atom. The molecule has 132 valence electrons. The number of aromatic amines is 1. The number of allylic oxidation sites excluding steroid dienone is 4. The lowest BCUT2D eigenvalue weighted by Crippen LogP contribution is -1.93. The molecule has 0 radical (unpaired) electrons. The van der Waals surface area contributed by atoms with Gasteiger partial charge in [0, 0.05) is 34.5 Å². The number of benzene rings is 1. The molecular formula is C21H21N3O2. The predicted molar refractivity (Wildman–Crippen MR) is 106 cm³/mol. The fourth-order valence-corrected chi connectivity index (χ4v) is 2.81. The number of nitrogens with one attached hydrogen (secondary N) is 1. The Labute approximate surface area is 152 Å². The van der Waals surface area contributed by atoms with Gasteiger partial charge in [-0.2, -0.15) is 0 Å². The van der Waals surface area contributed by atoms with Crippen molar-refractivity contribution in [3.63, 3.8) is 0 Å². The summed E-state index contributed by atoms with van der Waals surface area (Å²) in [5, 5.41) is 10.2. The minimum atomic E-state index is -0.258. The van der Waals surface area contributed by atoms with E-state index in [0.717, 1.165) is 39.0 Å². The van der Waals surface area contributed by atoms with Crippen LogP contribution in [0.3, 0.4) is 0 Å². The number of fused-ring (bicyclic) bond motifs is 1. The molecule has 5 nitrogen and oxygen atoms in total. The number of H-pyrrole nitrogens is 1. The van der Waals surface area contributed by atoms with Gasteiger partial charge in [-0.05, 0) is 36.8 Å². The first kappa shape index (κ1) is 17.4. The number of ether oxygens (including phenoxy) is 1. The Morgan fingerprint density at radius 1 is 1.31 bits per heavy atom. The summed E-state index contributed by atoms with van der Waals surface area (Å²) in [7, 11) is 0. The van der Waals surface area contributed by atoms with Crippen molar-refractivity contribution in [3.8, 4) is 16.9 Å². The molecule has 0 unspecified atom stereocenters. The summed E-state index contributed by atoms with van der Waals surface area (Å²) in [4.78, 5) is 7.71. The van der Waals surface area contributed by atoms with Crippen molar-refractivity contribution in [3.05, 3.63) is 79.0 Å². The number of nitrogens with two attached hydrogens (primary N) is 1. The number of hydrogen-bond donors (Lipinski definition) is 3. The number of pyridine rings is 1. The van der Waals surface area contributed by atoms with E-state index in [1.54, 1.807) is 18.3 Å². The number of para-hydroxylation sites is 1. The lowest BCUT2D eigenvalue weighted by Gasteiger charge is -2.09. The van der Waals surface area contributed by atoms with Crippen molar-refractivity contribution in [2.45, 2.75) is 6.92 Å². The number of aliphatic hydroxyl groups excluding tert-OH is 1. The molecule has 26 heavy (non-hydrogen) atoms. The molecule has 3 aromatic rings. The second kappa shape index (κ2) is 7.61. The van der Waals surface area contributed by atoms with Crippen LogP contribution in [0.1, 0.15) is 12.5 Å². The normalized spacial score (nSPS) is 12.3. The Bertz CT molecular complexity index is 995. The smallest absolute Gasteiger partial charge is 0.181 e. The molecule has 0 bridgehead atoms. The summed E-state index contributed by atoms with van der Waals surface area (Å²) < 4.78 is 5.76. The third-order valence-electron chi connectivity index (χ3n) is 4.00. The highest BCUT2D eigenvalue weighted by atomic mass is 16.5. The van der Waals surface area contributed by atoms with Gasteiger partial charge in [0.2, 0.25) is 0 Å². The SMILES string of the molecule is C=C/C(=C\C=C(/N)O)c1cnc2[nH]cc(-c3ccccc3OCC)c2c1. The Hall–Kier alpha value is -3.47. The third kappa shape index (κ3) is 3.47. The van der Waals surface area contributed by atoms with Crippen LogP contribution in [0.5, 0.6) is 5.75 Å². The highest BCUT2D eigenvalue weighted by Gasteiger charge is 2.12. The van der Waals surface area contributed by atoms with Crippen LogP contribution in [-0.2, 0) is 0 Å². The second-order valence-electron chi connectivity index (χ2n) is 5.67. The first-order chi connectivity index (χ1) is 12.6. The number of aliphatic hydroxyl groups is 1. The van der Waals surface area contributed by atoms with Crippen molar-refractivity contribution in [1.29, 1.82) is 0 Å². The summed E-state index contributed by atoms with van der Waals surface area (Å²) >= 11 is 0. The van der Waals surface area contributed by atoms with E-state index < -0.39 is 0 Å². The van der Waals surface area contributed by atoms with Crippen molar-refractivity contribution in [2.75, 3.05) is 6.61 Å². The van der Waals surface area contributed by atoms with E-state index in [-0.39, 0.29) is 5.88 Å². The minimum Gasteiger partial charge on any atom is -0.495 e. The highest BCUT2D eigenvalue weighted by Crippen LogP contribution is 2.35. The zero-order chi connectivity index (χ0) is 18.5. The average Bonchev–Trinajstić information content (AvgIpc) is 3.06. The summed E-state index contributed by atoms with van der Waals surface area (Å²) in [5.41, 5.74) is 9.78. The van der Waals surface area contributed by atoms with Crippen molar-refractivity contribution >= 4 is 16.6 Å². The van der Waals surface area contributed by atoms with Crippen molar-refractivity contribution < 1.29 is 9.84 Å². The molecule has 0 fully saturated rings. The van der Waals surface area contributed by atoms with Crippen LogP contribution in [0.15, 0.2) is 73.4 Å². The highest BCUT2D eigenvalue weighted by molar-refractivity contribution is 5.97. The van der Waals surface area contributed by atoms with Gasteiger partial charge in [0.05, 0.1) is 6.61 Å². The molecule has 2 aromatic heterocycles. The second-order valence-corrected chi connectivity index (χ2v) is 5.67. The average molecular weight is 347 g/mol. The monoisotopic (exact) mass is 347 g/mol. The van der Waals surface area contributed by atoms with Gasteiger partial charge < -0.3 is 20.6 Å². The van der Waals surface area contributed by atoms with Crippen LogP contribution in [0, 0.1) is 0 Å². The van der Waals surface area contributed by atoms with Crippen LogP contribution >= 0.6 is 0 Å². The van der Waals surface area contributed by atoms with E-state index in [9.17, 15) is 5.11 Å². The molecule has 3 rings (SSSR count). The van der Waals surface area contributed by atoms with Crippen LogP contribution in [-0.4, -0.2) is 21.7 Å². The fourth-order valence-electron chi connectivity index (χ4n) is 2.81. The quantitative estimate of drug-likeness (QED) is 0.451. The molecule has 0 saturated heterocycles. The van der Waals surface area contributed by atoms with Gasteiger partial charge in [-0.1, -0.05) is 30.9 Å². The first-order valence-corrected chi connectivity index (χ1v) is 8.32. The number of aromatic nitrogens is 2. The molecule has 0 saturated carbocycles. The molecule has 4 N–H and O–H groups in total. The van der Waals surface area contributed by atoms with E-state index in [0.29, 0.717) is 6.61 Å². The zero-order valence-electron chi connectivity index (χ0n) is 14.6. The van der Waals surface area contributed by atoms with E-state index >= 15 is 0 Å². The maximum Gasteiger partial charge on any atom is 0.181 e. The summed E-state index contributed by atoms with van der Waals surface area (Å²) in [6.45, 7) is 6.39. The van der Waals surface area contributed by atoms with Crippen molar-refractivity contribution in [1.82, 2.24) is 9.97 Å². The van der Waals surface area contributed by atoms with E-state index in [1.807, 2.05) is 43.5 Å². The largest absolute Gasteiger partial charge is 0.495 e. The summed E-state index contributed by atoms with van der Waals surface area (Å²) in [6.07, 6.45) is 8.51. The standard InChI is InChI=1S/C21H21N3O2/c1-3-14(9-10-20(22)25)15-11-17-18(13-24-21(17)23-12-15)16-7-5-6-8-19(16)26-4-2/h3,5-13,25H,1,4,22H2,2H3,(H,23,24)/b14-9+,20-10+. The van der Waals surface area contributed by atoms with Gasteiger partial charge in [0.1, 0.15) is 11.4 Å². The molecular weight excluding hydrogens is 326 g/mol. The van der Waals surface area contributed by atoms with E-state index in [1.165, 1.54) is 6.08 Å². The van der Waals surface area contributed by atoms with E-state index in [4.69, 9.17) is 10.5 Å².